The van der Waals surface area contributed by atoms with Crippen molar-refractivity contribution in [3.8, 4) is 0 Å². The molecule has 0 aliphatic heterocycles. The third kappa shape index (κ3) is 7.17. The lowest BCUT2D eigenvalue weighted by molar-refractivity contribution is -0.140. The van der Waals surface area contributed by atoms with E-state index in [0.29, 0.717) is 0 Å². The van der Waals surface area contributed by atoms with Crippen LogP contribution < -0.4 is 0 Å². The molecule has 14 heavy (non-hydrogen) atoms. The zero-order valence-electron chi connectivity index (χ0n) is 7.85. The van der Waals surface area contributed by atoms with Gasteiger partial charge in [0.15, 0.2) is 0 Å². The lowest BCUT2D eigenvalue weighted by Crippen LogP contribution is -2.20. The highest BCUT2D eigenvalue weighted by atomic mass is 16.7. The number of hydrogen-bond donors (Lipinski definition) is 1. The average Bonchev–Trinajstić information content (AvgIpc) is 2.12. The molecule has 0 aromatic rings. The fourth-order valence-electron chi connectivity index (χ4n) is 0.664. The van der Waals surface area contributed by atoms with Crippen molar-refractivity contribution < 1.29 is 24.1 Å². The maximum absolute atomic E-state index is 10.1. The maximum atomic E-state index is 10.1. The average molecular weight is 202 g/mol. The van der Waals surface area contributed by atoms with Crippen LogP contribution in [0.25, 0.3) is 0 Å². The molecule has 0 saturated carbocycles. The van der Waals surface area contributed by atoms with Crippen LogP contribution in [0, 0.1) is 0 Å². The van der Waals surface area contributed by atoms with Crippen molar-refractivity contribution in [3.05, 3.63) is 25.7 Å². The summed E-state index contributed by atoms with van der Waals surface area (Å²) in [5.41, 5.74) is 0. The van der Waals surface area contributed by atoms with E-state index < -0.39 is 12.3 Å². The van der Waals surface area contributed by atoms with E-state index in [1.807, 2.05) is 0 Å². The molecule has 0 saturated heterocycles. The van der Waals surface area contributed by atoms with E-state index in [9.17, 15) is 4.79 Å². The minimum absolute atomic E-state index is 0.0467. The molecular weight excluding hydrogens is 188 g/mol. The zero-order chi connectivity index (χ0) is 10.8. The van der Waals surface area contributed by atoms with Crippen LogP contribution in [0.3, 0.4) is 0 Å². The smallest absolute Gasteiger partial charge is 0.305 e. The summed E-state index contributed by atoms with van der Waals surface area (Å²) >= 11 is 0. The van der Waals surface area contributed by atoms with Crippen molar-refractivity contribution in [2.24, 2.45) is 0 Å². The summed E-state index contributed by atoms with van der Waals surface area (Å²) in [5.74, 6) is -0.907. The van der Waals surface area contributed by atoms with E-state index in [1.165, 1.54) is 12.5 Å². The first kappa shape index (κ1) is 12.5. The number of rotatable bonds is 9. The van der Waals surface area contributed by atoms with Crippen molar-refractivity contribution in [2.45, 2.75) is 12.7 Å². The molecule has 0 amide bonds. The molecule has 0 radical (unpaired) electrons. The first-order valence-corrected chi connectivity index (χ1v) is 4.03. The second-order valence-corrected chi connectivity index (χ2v) is 2.25. The molecule has 5 nitrogen and oxygen atoms in total. The van der Waals surface area contributed by atoms with Crippen molar-refractivity contribution in [2.75, 3.05) is 13.2 Å². The predicted octanol–water partition coefficient (Wildman–Crippen LogP) is 1.12. The second-order valence-electron chi connectivity index (χ2n) is 2.25. The second kappa shape index (κ2) is 8.12. The summed E-state index contributed by atoms with van der Waals surface area (Å²) < 4.78 is 14.8. The van der Waals surface area contributed by atoms with Crippen LogP contribution in [0.5, 0.6) is 0 Å². The van der Waals surface area contributed by atoms with Crippen LogP contribution in [0.15, 0.2) is 25.7 Å². The molecule has 0 spiro atoms. The molecule has 0 aliphatic rings. The van der Waals surface area contributed by atoms with Gasteiger partial charge in [0.1, 0.15) is 6.61 Å². The van der Waals surface area contributed by atoms with Crippen molar-refractivity contribution in [1.29, 1.82) is 0 Å². The third-order valence-corrected chi connectivity index (χ3v) is 1.21. The molecule has 1 N–H and O–H groups in total. The standard InChI is InChI=1S/C9H14O5/c1-3-13-9(14-4-2)7-12-6-5-8(10)11/h3-4,9H,1-2,5-7H2,(H,10,11). The van der Waals surface area contributed by atoms with Gasteiger partial charge in [-0.1, -0.05) is 13.2 Å². The van der Waals surface area contributed by atoms with Gasteiger partial charge in [0, 0.05) is 0 Å². The van der Waals surface area contributed by atoms with Gasteiger partial charge in [0.25, 0.3) is 6.29 Å². The number of carbonyl (C=O) groups is 1. The van der Waals surface area contributed by atoms with Crippen LogP contribution in [0.4, 0.5) is 0 Å². The molecule has 0 aromatic carbocycles. The van der Waals surface area contributed by atoms with Crippen molar-refractivity contribution >= 4 is 5.97 Å². The lowest BCUT2D eigenvalue weighted by Gasteiger charge is -2.15. The van der Waals surface area contributed by atoms with E-state index >= 15 is 0 Å². The van der Waals surface area contributed by atoms with Gasteiger partial charge in [-0.2, -0.15) is 0 Å². The normalized spacial score (nSPS) is 9.50. The van der Waals surface area contributed by atoms with E-state index in [-0.39, 0.29) is 19.6 Å². The Hall–Kier alpha value is -1.49. The highest BCUT2D eigenvalue weighted by molar-refractivity contribution is 5.66. The molecule has 0 rings (SSSR count). The topological polar surface area (TPSA) is 65.0 Å². The van der Waals surface area contributed by atoms with E-state index in [1.54, 1.807) is 0 Å². The molecule has 0 bridgehead atoms. The Morgan fingerprint density at radius 2 is 1.93 bits per heavy atom. The van der Waals surface area contributed by atoms with Gasteiger partial charge in [-0.15, -0.1) is 0 Å². The highest BCUT2D eigenvalue weighted by Gasteiger charge is 2.07. The zero-order valence-corrected chi connectivity index (χ0v) is 7.85. The van der Waals surface area contributed by atoms with Gasteiger partial charge < -0.3 is 19.3 Å². The number of aliphatic carboxylic acids is 1. The van der Waals surface area contributed by atoms with Crippen molar-refractivity contribution in [1.82, 2.24) is 0 Å². The molecule has 0 heterocycles. The number of carboxylic acids is 1. The Bertz CT molecular complexity index is 180. The summed E-state index contributed by atoms with van der Waals surface area (Å²) in [6.45, 7) is 6.95. The number of hydrogen-bond acceptors (Lipinski definition) is 4. The summed E-state index contributed by atoms with van der Waals surface area (Å²) in [5, 5.41) is 8.31. The summed E-state index contributed by atoms with van der Waals surface area (Å²) in [4.78, 5) is 10.1. The molecule has 0 unspecified atom stereocenters. The minimum atomic E-state index is -0.907. The van der Waals surface area contributed by atoms with Crippen molar-refractivity contribution in [3.63, 3.8) is 0 Å². The molecule has 5 heteroatoms. The van der Waals surface area contributed by atoms with Crippen LogP contribution in [-0.2, 0) is 19.0 Å². The van der Waals surface area contributed by atoms with Gasteiger partial charge in [-0.25, -0.2) is 0 Å². The lowest BCUT2D eigenvalue weighted by atomic mass is 10.5. The van der Waals surface area contributed by atoms with Crippen LogP contribution in [0.1, 0.15) is 6.42 Å². The van der Waals surface area contributed by atoms with Crippen LogP contribution >= 0.6 is 0 Å². The highest BCUT2D eigenvalue weighted by Crippen LogP contribution is 1.97. The molecule has 0 aromatic heterocycles. The minimum Gasteiger partial charge on any atom is -0.481 e. The Morgan fingerprint density at radius 3 is 2.36 bits per heavy atom. The maximum Gasteiger partial charge on any atom is 0.305 e. The molecule has 0 atom stereocenters. The van der Waals surface area contributed by atoms with Gasteiger partial charge in [0.2, 0.25) is 0 Å². The first-order chi connectivity index (χ1) is 6.70. The molecule has 0 fully saturated rings. The van der Waals surface area contributed by atoms with Gasteiger partial charge in [-0.05, 0) is 0 Å². The quantitative estimate of drug-likeness (QED) is 0.345. The van der Waals surface area contributed by atoms with E-state index in [4.69, 9.17) is 19.3 Å². The molecule has 80 valence electrons. The largest absolute Gasteiger partial charge is 0.481 e. The Balaban J connectivity index is 3.53. The Kier molecular flexibility index (Phi) is 7.26. The number of ether oxygens (including phenoxy) is 3. The summed E-state index contributed by atoms with van der Waals surface area (Å²) in [7, 11) is 0. The monoisotopic (exact) mass is 202 g/mol. The van der Waals surface area contributed by atoms with Gasteiger partial charge in [0.05, 0.1) is 25.6 Å². The van der Waals surface area contributed by atoms with Crippen LogP contribution in [0.2, 0.25) is 0 Å². The van der Waals surface area contributed by atoms with Gasteiger partial charge >= 0.3 is 5.97 Å². The Morgan fingerprint density at radius 1 is 1.36 bits per heavy atom. The first-order valence-electron chi connectivity index (χ1n) is 4.03. The third-order valence-electron chi connectivity index (χ3n) is 1.21. The van der Waals surface area contributed by atoms with Crippen LogP contribution in [-0.4, -0.2) is 30.6 Å². The fourth-order valence-corrected chi connectivity index (χ4v) is 0.664. The molecule has 0 aliphatic carbocycles. The predicted molar refractivity (Wildman–Crippen MR) is 49.4 cm³/mol. The van der Waals surface area contributed by atoms with Gasteiger partial charge in [-0.3, -0.25) is 4.79 Å². The fraction of sp³-hybridized carbons (Fsp3) is 0.444. The Labute approximate surface area is 82.6 Å². The van der Waals surface area contributed by atoms with E-state index in [2.05, 4.69) is 13.2 Å². The summed E-state index contributed by atoms with van der Waals surface area (Å²) in [6, 6.07) is 0. The van der Waals surface area contributed by atoms with E-state index in [0.717, 1.165) is 0 Å². The summed E-state index contributed by atoms with van der Waals surface area (Å²) in [6.07, 6.45) is 1.76. The number of carboxylic acid groups (broad SMARTS) is 1. The molecular formula is C9H14O5. The SMILES string of the molecule is C=COC(COCCC(=O)O)OC=C.